The third-order valence-corrected chi connectivity index (χ3v) is 3.54. The zero-order valence-corrected chi connectivity index (χ0v) is 14.1. The van der Waals surface area contributed by atoms with E-state index in [4.69, 9.17) is 0 Å². The van der Waals surface area contributed by atoms with Gasteiger partial charge in [-0.3, -0.25) is 4.79 Å². The van der Waals surface area contributed by atoms with Crippen LogP contribution in [-0.2, 0) is 9.53 Å². The summed E-state index contributed by atoms with van der Waals surface area (Å²) in [4.78, 5) is 10.9. The normalized spacial score (nSPS) is 11.5. The lowest BCUT2D eigenvalue weighted by Gasteiger charge is -2.00. The number of esters is 1. The first-order chi connectivity index (χ1) is 10.3. The van der Waals surface area contributed by atoms with Crippen molar-refractivity contribution in [1.82, 2.24) is 0 Å². The molecule has 0 aliphatic heterocycles. The fourth-order valence-corrected chi connectivity index (χ4v) is 2.21. The Bertz CT molecular complexity index is 279. The van der Waals surface area contributed by atoms with Crippen LogP contribution < -0.4 is 0 Å². The van der Waals surface area contributed by atoms with Gasteiger partial charge in [0.2, 0.25) is 0 Å². The largest absolute Gasteiger partial charge is 0.469 e. The highest BCUT2D eigenvalue weighted by Gasteiger charge is 1.98. The van der Waals surface area contributed by atoms with Crippen LogP contribution in [0, 0.1) is 0 Å². The fourth-order valence-electron chi connectivity index (χ4n) is 2.21. The van der Waals surface area contributed by atoms with Crippen molar-refractivity contribution in [3.8, 4) is 0 Å². The maximum atomic E-state index is 10.9. The van der Waals surface area contributed by atoms with Gasteiger partial charge in [0.1, 0.15) is 0 Å². The van der Waals surface area contributed by atoms with Crippen molar-refractivity contribution in [2.24, 2.45) is 0 Å². The molecule has 0 saturated carbocycles. The van der Waals surface area contributed by atoms with E-state index in [1.165, 1.54) is 58.5 Å². The summed E-state index contributed by atoms with van der Waals surface area (Å²) >= 11 is 0. The number of unbranched alkanes of at least 4 members (excludes halogenated alkanes) is 8. The SMILES string of the molecule is CC/C=C\CCCC/C=C\CCCCCCCC(=O)OC. The second-order valence-corrected chi connectivity index (χ2v) is 5.52. The molecule has 0 bridgehead atoms. The number of hydrogen-bond acceptors (Lipinski definition) is 2. The van der Waals surface area contributed by atoms with Crippen LogP contribution in [0.3, 0.4) is 0 Å². The third-order valence-electron chi connectivity index (χ3n) is 3.54. The molecule has 0 rings (SSSR count). The minimum Gasteiger partial charge on any atom is -0.469 e. The highest BCUT2D eigenvalue weighted by molar-refractivity contribution is 5.68. The highest BCUT2D eigenvalue weighted by atomic mass is 16.5. The first-order valence-corrected chi connectivity index (χ1v) is 8.68. The van der Waals surface area contributed by atoms with Crippen LogP contribution in [0.1, 0.15) is 84.0 Å². The van der Waals surface area contributed by atoms with Crippen molar-refractivity contribution in [2.75, 3.05) is 7.11 Å². The topological polar surface area (TPSA) is 26.3 Å². The molecule has 0 aromatic carbocycles. The predicted octanol–water partition coefficient (Wildman–Crippen LogP) is 5.97. The Morgan fingerprint density at radius 2 is 1.24 bits per heavy atom. The summed E-state index contributed by atoms with van der Waals surface area (Å²) in [6.07, 6.45) is 23.1. The lowest BCUT2D eigenvalue weighted by atomic mass is 10.1. The van der Waals surface area contributed by atoms with Gasteiger partial charge in [0.25, 0.3) is 0 Å². The summed E-state index contributed by atoms with van der Waals surface area (Å²) in [7, 11) is 1.45. The molecular weight excluding hydrogens is 260 g/mol. The van der Waals surface area contributed by atoms with E-state index in [1.54, 1.807) is 0 Å². The standard InChI is InChI=1S/C19H34O2/c1-3-4-5-6-7-8-9-10-11-12-13-14-15-16-17-18-19(20)21-2/h4-5,10-11H,3,6-9,12-18H2,1-2H3/b5-4-,11-10-. The molecule has 2 nitrogen and oxygen atoms in total. The first-order valence-electron chi connectivity index (χ1n) is 8.68. The molecular formula is C19H34O2. The highest BCUT2D eigenvalue weighted by Crippen LogP contribution is 2.09. The van der Waals surface area contributed by atoms with Gasteiger partial charge in [-0.05, 0) is 51.4 Å². The van der Waals surface area contributed by atoms with Crippen LogP contribution in [0.4, 0.5) is 0 Å². The third kappa shape index (κ3) is 16.9. The van der Waals surface area contributed by atoms with E-state index in [0.717, 1.165) is 19.3 Å². The van der Waals surface area contributed by atoms with Gasteiger partial charge in [0.05, 0.1) is 7.11 Å². The maximum Gasteiger partial charge on any atom is 0.305 e. The van der Waals surface area contributed by atoms with E-state index in [2.05, 4.69) is 36.0 Å². The van der Waals surface area contributed by atoms with E-state index >= 15 is 0 Å². The number of rotatable bonds is 14. The average Bonchev–Trinajstić information content (AvgIpc) is 2.50. The summed E-state index contributed by atoms with van der Waals surface area (Å²) in [5.41, 5.74) is 0. The summed E-state index contributed by atoms with van der Waals surface area (Å²) in [6.45, 7) is 2.18. The van der Waals surface area contributed by atoms with Crippen LogP contribution in [0.15, 0.2) is 24.3 Å². The molecule has 0 atom stereocenters. The quantitative estimate of drug-likeness (QED) is 0.224. The van der Waals surface area contributed by atoms with E-state index in [0.29, 0.717) is 6.42 Å². The summed E-state index contributed by atoms with van der Waals surface area (Å²) < 4.78 is 4.62. The Kier molecular flexibility index (Phi) is 16.2. The van der Waals surface area contributed by atoms with Crippen LogP contribution in [0.5, 0.6) is 0 Å². The van der Waals surface area contributed by atoms with Crippen LogP contribution in [0.2, 0.25) is 0 Å². The number of allylic oxidation sites excluding steroid dienone is 4. The number of ether oxygens (including phenoxy) is 1. The van der Waals surface area contributed by atoms with Gasteiger partial charge in [-0.25, -0.2) is 0 Å². The summed E-state index contributed by atoms with van der Waals surface area (Å²) in [5, 5.41) is 0. The molecule has 0 fully saturated rings. The van der Waals surface area contributed by atoms with Crippen molar-refractivity contribution in [3.63, 3.8) is 0 Å². The molecule has 0 unspecified atom stereocenters. The van der Waals surface area contributed by atoms with Crippen molar-refractivity contribution in [3.05, 3.63) is 24.3 Å². The molecule has 0 saturated heterocycles. The van der Waals surface area contributed by atoms with E-state index in [-0.39, 0.29) is 5.97 Å². The van der Waals surface area contributed by atoms with Gasteiger partial charge in [-0.2, -0.15) is 0 Å². The Labute approximate surface area is 131 Å². The lowest BCUT2D eigenvalue weighted by molar-refractivity contribution is -0.140. The van der Waals surface area contributed by atoms with Gasteiger partial charge in [-0.15, -0.1) is 0 Å². The molecule has 0 aromatic heterocycles. The minimum atomic E-state index is -0.0804. The molecule has 21 heavy (non-hydrogen) atoms. The monoisotopic (exact) mass is 294 g/mol. The number of hydrogen-bond donors (Lipinski definition) is 0. The number of carbonyl (C=O) groups excluding carboxylic acids is 1. The summed E-state index contributed by atoms with van der Waals surface area (Å²) in [5.74, 6) is -0.0804. The molecule has 0 N–H and O–H groups in total. The van der Waals surface area contributed by atoms with E-state index in [1.807, 2.05) is 0 Å². The maximum absolute atomic E-state index is 10.9. The molecule has 0 aromatic rings. The van der Waals surface area contributed by atoms with Crippen molar-refractivity contribution < 1.29 is 9.53 Å². The van der Waals surface area contributed by atoms with Gasteiger partial charge in [0, 0.05) is 6.42 Å². The first kappa shape index (κ1) is 19.9. The average molecular weight is 294 g/mol. The lowest BCUT2D eigenvalue weighted by Crippen LogP contribution is -1.98. The van der Waals surface area contributed by atoms with Crippen molar-refractivity contribution >= 4 is 5.97 Å². The molecule has 0 radical (unpaired) electrons. The second-order valence-electron chi connectivity index (χ2n) is 5.52. The van der Waals surface area contributed by atoms with E-state index < -0.39 is 0 Å². The molecule has 0 aliphatic rings. The molecule has 0 amide bonds. The number of methoxy groups -OCH3 is 1. The van der Waals surface area contributed by atoms with Gasteiger partial charge in [0.15, 0.2) is 0 Å². The Hall–Kier alpha value is -1.05. The Morgan fingerprint density at radius 1 is 0.762 bits per heavy atom. The second kappa shape index (κ2) is 17.0. The van der Waals surface area contributed by atoms with Gasteiger partial charge >= 0.3 is 5.97 Å². The fraction of sp³-hybridized carbons (Fsp3) is 0.737. The molecule has 2 heteroatoms. The van der Waals surface area contributed by atoms with Crippen molar-refractivity contribution in [1.29, 1.82) is 0 Å². The molecule has 0 aliphatic carbocycles. The van der Waals surface area contributed by atoms with Gasteiger partial charge < -0.3 is 4.74 Å². The minimum absolute atomic E-state index is 0.0804. The van der Waals surface area contributed by atoms with Crippen LogP contribution >= 0.6 is 0 Å². The van der Waals surface area contributed by atoms with Crippen molar-refractivity contribution in [2.45, 2.75) is 84.0 Å². The Balaban J connectivity index is 3.15. The predicted molar refractivity (Wildman–Crippen MR) is 91.4 cm³/mol. The van der Waals surface area contributed by atoms with Gasteiger partial charge in [-0.1, -0.05) is 50.5 Å². The Morgan fingerprint density at radius 3 is 1.81 bits per heavy atom. The number of carbonyl (C=O) groups is 1. The molecule has 0 spiro atoms. The zero-order valence-electron chi connectivity index (χ0n) is 14.1. The molecule has 0 heterocycles. The summed E-state index contributed by atoms with van der Waals surface area (Å²) in [6, 6.07) is 0. The van der Waals surface area contributed by atoms with Crippen LogP contribution in [-0.4, -0.2) is 13.1 Å². The van der Waals surface area contributed by atoms with Crippen LogP contribution in [0.25, 0.3) is 0 Å². The van der Waals surface area contributed by atoms with E-state index in [9.17, 15) is 4.79 Å². The zero-order chi connectivity index (χ0) is 15.6. The smallest absolute Gasteiger partial charge is 0.305 e. The molecule has 122 valence electrons.